The van der Waals surface area contributed by atoms with Crippen molar-refractivity contribution in [3.05, 3.63) is 84.3 Å². The molecule has 0 radical (unpaired) electrons. The SMILES string of the molecule is CN1CCC(COc2ccc(-c3ccc(C(=O)N4CC[C@@H](NC(=O)c5cc(-c6cnn(C)c6)cnc5N)C4)cc3)cc2)CC1. The number of nitrogen functional groups attached to an aromatic ring is 1. The lowest BCUT2D eigenvalue weighted by molar-refractivity contribution is 0.0783. The molecule has 0 spiro atoms. The van der Waals surface area contributed by atoms with E-state index in [-0.39, 0.29) is 23.7 Å². The number of likely N-dealkylation sites (tertiary alicyclic amines) is 2. The minimum Gasteiger partial charge on any atom is -0.493 e. The Morgan fingerprint density at radius 3 is 2.30 bits per heavy atom. The summed E-state index contributed by atoms with van der Waals surface area (Å²) in [6.45, 7) is 4.03. The van der Waals surface area contributed by atoms with Crippen molar-refractivity contribution >= 4 is 17.6 Å². The highest BCUT2D eigenvalue weighted by molar-refractivity contribution is 6.00. The molecule has 2 fully saturated rings. The van der Waals surface area contributed by atoms with Crippen LogP contribution in [-0.2, 0) is 7.05 Å². The molecule has 4 heterocycles. The number of nitrogens with two attached hydrogens (primary N) is 1. The predicted octanol–water partition coefficient (Wildman–Crippen LogP) is 4.10. The summed E-state index contributed by atoms with van der Waals surface area (Å²) in [5.74, 6) is 1.31. The lowest BCUT2D eigenvalue weighted by Crippen LogP contribution is -2.38. The minimum absolute atomic E-state index is 0.0503. The molecule has 1 atom stereocenters. The fourth-order valence-electron chi connectivity index (χ4n) is 5.89. The van der Waals surface area contributed by atoms with Crippen LogP contribution < -0.4 is 15.8 Å². The molecular weight excluding hydrogens is 554 g/mol. The highest BCUT2D eigenvalue weighted by Gasteiger charge is 2.29. The van der Waals surface area contributed by atoms with E-state index in [1.165, 1.54) is 12.8 Å². The molecule has 2 aliphatic heterocycles. The van der Waals surface area contributed by atoms with Crippen LogP contribution in [-0.4, -0.2) is 82.3 Å². The van der Waals surface area contributed by atoms with E-state index in [4.69, 9.17) is 10.5 Å². The van der Waals surface area contributed by atoms with Crippen molar-refractivity contribution in [2.45, 2.75) is 25.3 Å². The second kappa shape index (κ2) is 12.9. The summed E-state index contributed by atoms with van der Waals surface area (Å²) < 4.78 is 7.75. The first kappa shape index (κ1) is 29.4. The van der Waals surface area contributed by atoms with Crippen molar-refractivity contribution in [1.82, 2.24) is 29.9 Å². The summed E-state index contributed by atoms with van der Waals surface area (Å²) in [6.07, 6.45) is 8.22. The number of ether oxygens (including phenoxy) is 1. The molecular formula is C34H39N7O3. The van der Waals surface area contributed by atoms with Gasteiger partial charge in [-0.05, 0) is 86.8 Å². The number of rotatable bonds is 8. The Bertz CT molecular complexity index is 1610. The van der Waals surface area contributed by atoms with Crippen molar-refractivity contribution in [3.63, 3.8) is 0 Å². The van der Waals surface area contributed by atoms with Crippen LogP contribution in [0.25, 0.3) is 22.3 Å². The summed E-state index contributed by atoms with van der Waals surface area (Å²) in [7, 11) is 4.00. The normalized spacial score (nSPS) is 17.5. The third-order valence-electron chi connectivity index (χ3n) is 8.66. The van der Waals surface area contributed by atoms with Crippen LogP contribution in [0, 0.1) is 5.92 Å². The molecule has 2 saturated heterocycles. The van der Waals surface area contributed by atoms with E-state index in [1.807, 2.05) is 49.6 Å². The molecule has 2 amide bonds. The van der Waals surface area contributed by atoms with Gasteiger partial charge >= 0.3 is 0 Å². The maximum Gasteiger partial charge on any atom is 0.255 e. The first-order chi connectivity index (χ1) is 21.3. The van der Waals surface area contributed by atoms with Crippen LogP contribution in [0.5, 0.6) is 5.75 Å². The van der Waals surface area contributed by atoms with Gasteiger partial charge in [-0.2, -0.15) is 5.10 Å². The third-order valence-corrected chi connectivity index (χ3v) is 8.66. The molecule has 0 unspecified atom stereocenters. The van der Waals surface area contributed by atoms with Crippen LogP contribution in [0.15, 0.2) is 73.2 Å². The number of anilines is 1. The molecule has 3 N–H and O–H groups in total. The average Bonchev–Trinajstić information content (AvgIpc) is 3.70. The van der Waals surface area contributed by atoms with Gasteiger partial charge in [0, 0.05) is 55.3 Å². The molecule has 2 aromatic carbocycles. The summed E-state index contributed by atoms with van der Waals surface area (Å²) in [6, 6.07) is 17.4. The van der Waals surface area contributed by atoms with Crippen LogP contribution in [0.1, 0.15) is 40.0 Å². The van der Waals surface area contributed by atoms with Crippen molar-refractivity contribution in [3.8, 4) is 28.0 Å². The number of nitrogens with one attached hydrogen (secondary N) is 1. The number of aromatic nitrogens is 3. The van der Waals surface area contributed by atoms with E-state index >= 15 is 0 Å². The van der Waals surface area contributed by atoms with Gasteiger partial charge in [0.15, 0.2) is 0 Å². The molecule has 6 rings (SSSR count). The molecule has 0 saturated carbocycles. The van der Waals surface area contributed by atoms with E-state index < -0.39 is 0 Å². The molecule has 10 nitrogen and oxygen atoms in total. The molecule has 4 aromatic rings. The second-order valence-corrected chi connectivity index (χ2v) is 11.9. The number of pyridine rings is 1. The molecule has 0 aliphatic carbocycles. The van der Waals surface area contributed by atoms with E-state index in [0.29, 0.717) is 36.6 Å². The van der Waals surface area contributed by atoms with E-state index in [9.17, 15) is 9.59 Å². The zero-order valence-electron chi connectivity index (χ0n) is 25.3. The first-order valence-corrected chi connectivity index (χ1v) is 15.2. The van der Waals surface area contributed by atoms with Gasteiger partial charge in [0.05, 0.1) is 18.4 Å². The number of hydrogen-bond acceptors (Lipinski definition) is 7. The van der Waals surface area contributed by atoms with Crippen LogP contribution >= 0.6 is 0 Å². The maximum atomic E-state index is 13.3. The van der Waals surface area contributed by atoms with Gasteiger partial charge in [0.2, 0.25) is 0 Å². The quantitative estimate of drug-likeness (QED) is 0.316. The predicted molar refractivity (Wildman–Crippen MR) is 170 cm³/mol. The topological polar surface area (TPSA) is 119 Å². The minimum atomic E-state index is -0.303. The summed E-state index contributed by atoms with van der Waals surface area (Å²) in [5, 5.41) is 7.22. The van der Waals surface area contributed by atoms with Crippen LogP contribution in [0.4, 0.5) is 5.82 Å². The fourth-order valence-corrected chi connectivity index (χ4v) is 5.89. The number of carbonyl (C=O) groups excluding carboxylic acids is 2. The number of benzene rings is 2. The monoisotopic (exact) mass is 593 g/mol. The van der Waals surface area contributed by atoms with Crippen molar-refractivity contribution in [1.29, 1.82) is 0 Å². The molecule has 10 heteroatoms. The number of nitrogens with zero attached hydrogens (tertiary/aromatic N) is 5. The largest absolute Gasteiger partial charge is 0.493 e. The van der Waals surface area contributed by atoms with Gasteiger partial charge in [-0.3, -0.25) is 14.3 Å². The van der Waals surface area contributed by atoms with E-state index in [1.54, 1.807) is 28.0 Å². The zero-order valence-corrected chi connectivity index (χ0v) is 25.3. The number of amides is 2. The third kappa shape index (κ3) is 6.75. The highest BCUT2D eigenvalue weighted by Crippen LogP contribution is 2.26. The van der Waals surface area contributed by atoms with Gasteiger partial charge in [-0.25, -0.2) is 4.98 Å². The average molecular weight is 594 g/mol. The van der Waals surface area contributed by atoms with Crippen molar-refractivity contribution in [2.24, 2.45) is 13.0 Å². The summed E-state index contributed by atoms with van der Waals surface area (Å²) in [5.41, 5.74) is 10.7. The Kier molecular flexibility index (Phi) is 8.60. The molecule has 0 bridgehead atoms. The summed E-state index contributed by atoms with van der Waals surface area (Å²) >= 11 is 0. The molecule has 2 aliphatic rings. The number of hydrogen-bond donors (Lipinski definition) is 2. The Hall–Kier alpha value is -4.70. The van der Waals surface area contributed by atoms with Gasteiger partial charge in [0.1, 0.15) is 11.6 Å². The number of piperidine rings is 1. The molecule has 2 aromatic heterocycles. The Morgan fingerprint density at radius 2 is 1.61 bits per heavy atom. The van der Waals surface area contributed by atoms with Gasteiger partial charge in [0.25, 0.3) is 11.8 Å². The lowest BCUT2D eigenvalue weighted by atomic mass is 9.98. The van der Waals surface area contributed by atoms with Crippen molar-refractivity contribution < 1.29 is 14.3 Å². The second-order valence-electron chi connectivity index (χ2n) is 11.9. The van der Waals surface area contributed by atoms with E-state index in [2.05, 4.69) is 39.5 Å². The number of aryl methyl sites for hydroxylation is 1. The van der Waals surface area contributed by atoms with Gasteiger partial charge < -0.3 is 25.6 Å². The fraction of sp³-hybridized carbons (Fsp3) is 0.353. The lowest BCUT2D eigenvalue weighted by Gasteiger charge is -2.28. The maximum absolute atomic E-state index is 13.3. The zero-order chi connectivity index (χ0) is 30.6. The van der Waals surface area contributed by atoms with E-state index in [0.717, 1.165) is 47.7 Å². The van der Waals surface area contributed by atoms with Crippen LogP contribution in [0.3, 0.4) is 0 Å². The Morgan fingerprint density at radius 1 is 0.909 bits per heavy atom. The molecule has 228 valence electrons. The van der Waals surface area contributed by atoms with Crippen molar-refractivity contribution in [2.75, 3.05) is 45.6 Å². The van der Waals surface area contributed by atoms with Gasteiger partial charge in [-0.15, -0.1) is 0 Å². The smallest absolute Gasteiger partial charge is 0.255 e. The molecule has 44 heavy (non-hydrogen) atoms. The van der Waals surface area contributed by atoms with Gasteiger partial charge in [-0.1, -0.05) is 24.3 Å². The Labute approximate surface area is 257 Å². The Balaban J connectivity index is 1.02. The summed E-state index contributed by atoms with van der Waals surface area (Å²) in [4.78, 5) is 34.7. The highest BCUT2D eigenvalue weighted by atomic mass is 16.5. The van der Waals surface area contributed by atoms with Crippen LogP contribution in [0.2, 0.25) is 0 Å². The number of carbonyl (C=O) groups is 2. The first-order valence-electron chi connectivity index (χ1n) is 15.2. The standard InChI is InChI=1S/C34H39N7O3/c1-39-14-11-23(12-15-39)22-44-30-9-7-25(8-10-30)24-3-5-26(6-4-24)34(43)41-16-13-29(21-41)38-33(42)31-17-27(18-36-32(31)35)28-19-37-40(2)20-28/h3-10,17-20,23,29H,11-16,21-22H2,1-2H3,(H2,35,36)(H,38,42)/t29-/m1/s1.